The maximum Gasteiger partial charge on any atom is 0.322 e. The van der Waals surface area contributed by atoms with E-state index in [1.165, 1.54) is 30.5 Å². The number of likely N-dealkylation sites (N-methyl/N-ethyl adjacent to an activating group) is 1. The van der Waals surface area contributed by atoms with Crippen LogP contribution in [-0.2, 0) is 16.3 Å². The minimum Gasteiger partial charge on any atom is -0.491 e. The Morgan fingerprint density at radius 1 is 1.19 bits per heavy atom. The van der Waals surface area contributed by atoms with E-state index < -0.39 is 15.7 Å². The van der Waals surface area contributed by atoms with Gasteiger partial charge in [0.2, 0.25) is 0 Å². The Balaban J connectivity index is 1.49. The Morgan fingerprint density at radius 2 is 1.94 bits per heavy atom. The van der Waals surface area contributed by atoms with Crippen molar-refractivity contribution in [3.63, 3.8) is 0 Å². The second-order valence-electron chi connectivity index (χ2n) is 9.46. The SMILES string of the molecule is CN1CCN(CCCN(C(=O)Nc2ccc(F)c(Cl)c2)C2COc3ccc(S(C)(=O)=O)cc3C2)CC1. The number of nitrogens with zero attached hydrogens (tertiary/aromatic N) is 3. The molecule has 2 aliphatic heterocycles. The fraction of sp³-hybridized carbons (Fsp3) is 0.480. The lowest BCUT2D eigenvalue weighted by Crippen LogP contribution is -2.50. The van der Waals surface area contributed by atoms with Crippen LogP contribution >= 0.6 is 11.6 Å². The number of halogens is 2. The average molecular weight is 539 g/mol. The maximum absolute atomic E-state index is 13.6. The van der Waals surface area contributed by atoms with Crippen molar-refractivity contribution in [2.75, 3.05) is 64.5 Å². The van der Waals surface area contributed by atoms with E-state index >= 15 is 0 Å². The van der Waals surface area contributed by atoms with Gasteiger partial charge in [0, 0.05) is 44.7 Å². The van der Waals surface area contributed by atoms with Gasteiger partial charge in [-0.05, 0) is 68.4 Å². The molecule has 1 saturated heterocycles. The molecule has 196 valence electrons. The molecule has 1 N–H and O–H groups in total. The van der Waals surface area contributed by atoms with Crippen LogP contribution in [0.5, 0.6) is 5.75 Å². The fourth-order valence-corrected chi connectivity index (χ4v) is 5.39. The molecule has 0 aromatic heterocycles. The molecule has 0 aliphatic carbocycles. The number of benzene rings is 2. The fourth-order valence-electron chi connectivity index (χ4n) is 4.54. The van der Waals surface area contributed by atoms with Gasteiger partial charge in [-0.2, -0.15) is 0 Å². The smallest absolute Gasteiger partial charge is 0.322 e. The number of piperazine rings is 1. The quantitative estimate of drug-likeness (QED) is 0.582. The lowest BCUT2D eigenvalue weighted by atomic mass is 10.0. The number of carbonyl (C=O) groups excluding carboxylic acids is 1. The highest BCUT2D eigenvalue weighted by molar-refractivity contribution is 7.90. The van der Waals surface area contributed by atoms with Gasteiger partial charge < -0.3 is 24.8 Å². The van der Waals surface area contributed by atoms with Crippen molar-refractivity contribution >= 4 is 33.2 Å². The van der Waals surface area contributed by atoms with Gasteiger partial charge in [-0.3, -0.25) is 0 Å². The van der Waals surface area contributed by atoms with Gasteiger partial charge in [0.05, 0.1) is 16.0 Å². The molecule has 36 heavy (non-hydrogen) atoms. The van der Waals surface area contributed by atoms with Crippen molar-refractivity contribution in [1.82, 2.24) is 14.7 Å². The normalized spacial score (nSPS) is 18.8. The molecular weight excluding hydrogens is 507 g/mol. The van der Waals surface area contributed by atoms with Crippen LogP contribution in [0, 0.1) is 5.82 Å². The van der Waals surface area contributed by atoms with Crippen molar-refractivity contribution in [3.8, 4) is 5.75 Å². The number of sulfone groups is 1. The Bertz CT molecular complexity index is 1200. The Morgan fingerprint density at radius 3 is 2.64 bits per heavy atom. The molecule has 1 atom stereocenters. The predicted octanol–water partition coefficient (Wildman–Crippen LogP) is 3.36. The minimum atomic E-state index is -3.37. The number of fused-ring (bicyclic) bond motifs is 1. The molecule has 1 fully saturated rings. The maximum atomic E-state index is 13.6. The van der Waals surface area contributed by atoms with Crippen LogP contribution in [0.2, 0.25) is 5.02 Å². The molecule has 0 radical (unpaired) electrons. The van der Waals surface area contributed by atoms with Crippen LogP contribution in [0.25, 0.3) is 0 Å². The summed E-state index contributed by atoms with van der Waals surface area (Å²) in [5, 5.41) is 2.75. The Kier molecular flexibility index (Phi) is 8.39. The van der Waals surface area contributed by atoms with Gasteiger partial charge in [-0.25, -0.2) is 17.6 Å². The van der Waals surface area contributed by atoms with Crippen LogP contribution in [0.3, 0.4) is 0 Å². The zero-order valence-electron chi connectivity index (χ0n) is 20.5. The van der Waals surface area contributed by atoms with E-state index in [0.29, 0.717) is 24.4 Å². The largest absolute Gasteiger partial charge is 0.491 e. The van der Waals surface area contributed by atoms with Crippen molar-refractivity contribution in [3.05, 3.63) is 52.8 Å². The topological polar surface area (TPSA) is 82.2 Å². The van der Waals surface area contributed by atoms with E-state index in [4.69, 9.17) is 16.3 Å². The summed E-state index contributed by atoms with van der Waals surface area (Å²) in [6.07, 6.45) is 2.40. The summed E-state index contributed by atoms with van der Waals surface area (Å²) in [5.74, 6) is 0.0689. The van der Waals surface area contributed by atoms with E-state index in [-0.39, 0.29) is 28.6 Å². The molecule has 0 bridgehead atoms. The molecule has 1 unspecified atom stereocenters. The average Bonchev–Trinajstić information content (AvgIpc) is 2.84. The van der Waals surface area contributed by atoms with Gasteiger partial charge in [-0.1, -0.05) is 11.6 Å². The molecule has 2 aromatic rings. The third-order valence-corrected chi connectivity index (χ3v) is 8.09. The Labute approximate surface area is 216 Å². The van der Waals surface area contributed by atoms with Crippen molar-refractivity contribution in [2.24, 2.45) is 0 Å². The van der Waals surface area contributed by atoms with Crippen molar-refractivity contribution in [2.45, 2.75) is 23.8 Å². The lowest BCUT2D eigenvalue weighted by Gasteiger charge is -2.36. The number of ether oxygens (including phenoxy) is 1. The number of amides is 2. The zero-order valence-corrected chi connectivity index (χ0v) is 22.1. The summed E-state index contributed by atoms with van der Waals surface area (Å²) in [7, 11) is -1.26. The predicted molar refractivity (Wildman–Crippen MR) is 138 cm³/mol. The highest BCUT2D eigenvalue weighted by atomic mass is 35.5. The van der Waals surface area contributed by atoms with E-state index in [9.17, 15) is 17.6 Å². The van der Waals surface area contributed by atoms with Crippen LogP contribution in [-0.4, -0.2) is 94.4 Å². The summed E-state index contributed by atoms with van der Waals surface area (Å²) < 4.78 is 43.6. The third kappa shape index (κ3) is 6.67. The van der Waals surface area contributed by atoms with E-state index in [0.717, 1.165) is 44.7 Å². The van der Waals surface area contributed by atoms with Crippen LogP contribution in [0.15, 0.2) is 41.3 Å². The van der Waals surface area contributed by atoms with E-state index in [2.05, 4.69) is 22.2 Å². The number of carbonyl (C=O) groups is 1. The molecule has 8 nitrogen and oxygen atoms in total. The first-order valence-electron chi connectivity index (χ1n) is 12.0. The minimum absolute atomic E-state index is 0.0716. The van der Waals surface area contributed by atoms with Gasteiger partial charge in [0.15, 0.2) is 9.84 Å². The summed E-state index contributed by atoms with van der Waals surface area (Å²) in [6.45, 7) is 5.66. The van der Waals surface area contributed by atoms with Crippen LogP contribution in [0.4, 0.5) is 14.9 Å². The summed E-state index contributed by atoms with van der Waals surface area (Å²) in [4.78, 5) is 20.0. The standard InChI is InChI=1S/C25H32ClFN4O4S/c1-29-10-12-30(13-11-29)8-3-9-31(25(32)28-19-4-6-23(27)22(26)16-19)20-14-18-15-21(36(2,33)34)5-7-24(18)35-17-20/h4-7,15-16,20H,3,8-14,17H2,1-2H3,(H,28,32). The second kappa shape index (κ2) is 11.3. The van der Waals surface area contributed by atoms with Crippen LogP contribution < -0.4 is 10.1 Å². The first kappa shape index (κ1) is 26.7. The van der Waals surface area contributed by atoms with Gasteiger partial charge in [0.25, 0.3) is 0 Å². The highest BCUT2D eigenvalue weighted by Crippen LogP contribution is 2.30. The van der Waals surface area contributed by atoms with Gasteiger partial charge >= 0.3 is 6.03 Å². The molecule has 0 spiro atoms. The van der Waals surface area contributed by atoms with Crippen LogP contribution in [0.1, 0.15) is 12.0 Å². The molecule has 2 amide bonds. The summed E-state index contributed by atoms with van der Waals surface area (Å²) in [5.41, 5.74) is 1.14. The third-order valence-electron chi connectivity index (χ3n) is 6.69. The summed E-state index contributed by atoms with van der Waals surface area (Å²) >= 11 is 5.90. The molecule has 0 saturated carbocycles. The summed E-state index contributed by atoms with van der Waals surface area (Å²) in [6, 6.07) is 8.24. The Hall–Kier alpha value is -2.40. The van der Waals surface area contributed by atoms with E-state index in [1.54, 1.807) is 17.0 Å². The number of anilines is 1. The number of hydrogen-bond acceptors (Lipinski definition) is 6. The molecule has 2 heterocycles. The molecular formula is C25H32ClFN4O4S. The van der Waals surface area contributed by atoms with Gasteiger partial charge in [0.1, 0.15) is 18.2 Å². The first-order valence-corrected chi connectivity index (χ1v) is 14.3. The molecule has 2 aliphatic rings. The monoisotopic (exact) mass is 538 g/mol. The number of urea groups is 1. The van der Waals surface area contributed by atoms with E-state index in [1.807, 2.05) is 0 Å². The molecule has 2 aromatic carbocycles. The molecule has 11 heteroatoms. The number of hydrogen-bond donors (Lipinski definition) is 1. The molecule has 4 rings (SSSR count). The second-order valence-corrected chi connectivity index (χ2v) is 11.9. The van der Waals surface area contributed by atoms with Crippen molar-refractivity contribution < 1.29 is 22.3 Å². The zero-order chi connectivity index (χ0) is 25.9. The lowest BCUT2D eigenvalue weighted by molar-refractivity contribution is 0.123. The number of nitrogens with one attached hydrogen (secondary N) is 1. The first-order chi connectivity index (χ1) is 17.1. The highest BCUT2D eigenvalue weighted by Gasteiger charge is 2.30. The van der Waals surface area contributed by atoms with Gasteiger partial charge in [-0.15, -0.1) is 0 Å². The van der Waals surface area contributed by atoms with Crippen molar-refractivity contribution in [1.29, 1.82) is 0 Å². The number of rotatable bonds is 7.